The second-order valence-electron chi connectivity index (χ2n) is 4.34. The minimum atomic E-state index is 0.263. The van der Waals surface area contributed by atoms with Crippen LogP contribution < -0.4 is 0 Å². The highest BCUT2D eigenvalue weighted by Gasteiger charge is 2.35. The summed E-state index contributed by atoms with van der Waals surface area (Å²) in [6.07, 6.45) is 3.69. The zero-order valence-electron chi connectivity index (χ0n) is 8.92. The highest BCUT2D eigenvalue weighted by Crippen LogP contribution is 2.46. The molecule has 2 atom stereocenters. The Morgan fingerprint density at radius 2 is 1.87 bits per heavy atom. The molecule has 1 aliphatic rings. The van der Waals surface area contributed by atoms with Gasteiger partial charge in [0.2, 0.25) is 0 Å². The van der Waals surface area contributed by atoms with Crippen molar-refractivity contribution in [2.75, 3.05) is 0 Å². The quantitative estimate of drug-likeness (QED) is 0.663. The van der Waals surface area contributed by atoms with Gasteiger partial charge in [0.25, 0.3) is 0 Å². The molecular formula is C13H16Cl2. The maximum Gasteiger partial charge on any atom is 0.0406 e. The molecule has 0 spiro atoms. The molecule has 2 heteroatoms. The fourth-order valence-electron chi connectivity index (χ4n) is 2.17. The second-order valence-corrected chi connectivity index (χ2v) is 5.34. The Hall–Kier alpha value is -0.200. The van der Waals surface area contributed by atoms with Crippen LogP contribution in [0.15, 0.2) is 24.3 Å². The molecule has 1 aromatic rings. The third-order valence-corrected chi connectivity index (χ3v) is 4.00. The van der Waals surface area contributed by atoms with Crippen LogP contribution in [-0.4, -0.2) is 5.38 Å². The lowest BCUT2D eigenvalue weighted by molar-refractivity contribution is 0.558. The Labute approximate surface area is 102 Å². The summed E-state index contributed by atoms with van der Waals surface area (Å²) in [5.41, 5.74) is 1.35. The van der Waals surface area contributed by atoms with Crippen molar-refractivity contribution in [1.82, 2.24) is 0 Å². The van der Waals surface area contributed by atoms with E-state index in [9.17, 15) is 0 Å². The molecular weight excluding hydrogens is 227 g/mol. The minimum Gasteiger partial charge on any atom is -0.122 e. The lowest BCUT2D eigenvalue weighted by atomic mass is 9.89. The normalized spacial score (nSPS) is 19.9. The average molecular weight is 243 g/mol. The molecule has 0 heterocycles. The standard InChI is InChI=1S/C13H16Cl2/c1-2-12(15)13(9-3-4-9)10-5-7-11(14)8-6-10/h5-9,12-13H,2-4H2,1H3. The molecule has 0 bridgehead atoms. The minimum absolute atomic E-state index is 0.263. The van der Waals surface area contributed by atoms with Gasteiger partial charge >= 0.3 is 0 Å². The Bertz CT molecular complexity index is 314. The van der Waals surface area contributed by atoms with Gasteiger partial charge < -0.3 is 0 Å². The van der Waals surface area contributed by atoms with E-state index in [4.69, 9.17) is 23.2 Å². The molecule has 1 saturated carbocycles. The first kappa shape index (κ1) is 11.3. The summed E-state index contributed by atoms with van der Waals surface area (Å²) < 4.78 is 0. The molecule has 0 saturated heterocycles. The number of rotatable bonds is 4. The smallest absolute Gasteiger partial charge is 0.0406 e. The Balaban J connectivity index is 2.20. The topological polar surface area (TPSA) is 0 Å². The predicted octanol–water partition coefficient (Wildman–Crippen LogP) is 4.85. The molecule has 15 heavy (non-hydrogen) atoms. The molecule has 2 unspecified atom stereocenters. The summed E-state index contributed by atoms with van der Waals surface area (Å²) >= 11 is 12.3. The Morgan fingerprint density at radius 3 is 2.33 bits per heavy atom. The molecule has 0 aliphatic heterocycles. The zero-order valence-corrected chi connectivity index (χ0v) is 10.4. The van der Waals surface area contributed by atoms with Gasteiger partial charge in [0, 0.05) is 16.3 Å². The Morgan fingerprint density at radius 1 is 1.27 bits per heavy atom. The monoisotopic (exact) mass is 242 g/mol. The van der Waals surface area contributed by atoms with Gasteiger partial charge in [-0.05, 0) is 42.9 Å². The molecule has 2 rings (SSSR count). The third-order valence-electron chi connectivity index (χ3n) is 3.16. The van der Waals surface area contributed by atoms with Crippen LogP contribution in [-0.2, 0) is 0 Å². The molecule has 1 aliphatic carbocycles. The molecule has 1 aromatic carbocycles. The lowest BCUT2D eigenvalue weighted by Crippen LogP contribution is -2.14. The Kier molecular flexibility index (Phi) is 3.58. The molecule has 82 valence electrons. The van der Waals surface area contributed by atoms with Crippen LogP contribution in [0.2, 0.25) is 5.02 Å². The highest BCUT2D eigenvalue weighted by atomic mass is 35.5. The fourth-order valence-corrected chi connectivity index (χ4v) is 2.65. The highest BCUT2D eigenvalue weighted by molar-refractivity contribution is 6.30. The van der Waals surface area contributed by atoms with Gasteiger partial charge in [0.15, 0.2) is 0 Å². The van der Waals surface area contributed by atoms with Crippen molar-refractivity contribution in [3.05, 3.63) is 34.9 Å². The van der Waals surface area contributed by atoms with Gasteiger partial charge in [-0.3, -0.25) is 0 Å². The van der Waals surface area contributed by atoms with Gasteiger partial charge in [-0.2, -0.15) is 0 Å². The van der Waals surface area contributed by atoms with Crippen LogP contribution in [0.5, 0.6) is 0 Å². The van der Waals surface area contributed by atoms with E-state index in [2.05, 4.69) is 19.1 Å². The van der Waals surface area contributed by atoms with Crippen molar-refractivity contribution in [3.63, 3.8) is 0 Å². The number of halogens is 2. The summed E-state index contributed by atoms with van der Waals surface area (Å²) in [4.78, 5) is 0. The van der Waals surface area contributed by atoms with Crippen LogP contribution in [0, 0.1) is 5.92 Å². The van der Waals surface area contributed by atoms with Gasteiger partial charge in [-0.15, -0.1) is 11.6 Å². The summed E-state index contributed by atoms with van der Waals surface area (Å²) in [5.74, 6) is 1.32. The van der Waals surface area contributed by atoms with E-state index in [-0.39, 0.29) is 5.38 Å². The van der Waals surface area contributed by atoms with E-state index in [1.54, 1.807) is 0 Å². The number of hydrogen-bond acceptors (Lipinski definition) is 0. The molecule has 0 nitrogen and oxygen atoms in total. The van der Waals surface area contributed by atoms with Crippen molar-refractivity contribution in [1.29, 1.82) is 0 Å². The van der Waals surface area contributed by atoms with Crippen LogP contribution in [0.25, 0.3) is 0 Å². The van der Waals surface area contributed by atoms with E-state index in [1.165, 1.54) is 18.4 Å². The summed E-state index contributed by atoms with van der Waals surface area (Å²) in [6, 6.07) is 8.17. The van der Waals surface area contributed by atoms with Gasteiger partial charge in [0.05, 0.1) is 0 Å². The largest absolute Gasteiger partial charge is 0.122 e. The van der Waals surface area contributed by atoms with Crippen molar-refractivity contribution in [2.45, 2.75) is 37.5 Å². The summed E-state index contributed by atoms with van der Waals surface area (Å²) in [5, 5.41) is 1.06. The predicted molar refractivity (Wildman–Crippen MR) is 66.8 cm³/mol. The molecule has 0 N–H and O–H groups in total. The number of hydrogen-bond donors (Lipinski definition) is 0. The van der Waals surface area contributed by atoms with Gasteiger partial charge in [-0.25, -0.2) is 0 Å². The van der Waals surface area contributed by atoms with Crippen molar-refractivity contribution in [2.24, 2.45) is 5.92 Å². The van der Waals surface area contributed by atoms with Crippen LogP contribution in [0.3, 0.4) is 0 Å². The summed E-state index contributed by atoms with van der Waals surface area (Å²) in [6.45, 7) is 2.16. The molecule has 1 fully saturated rings. The maximum absolute atomic E-state index is 6.41. The molecule has 0 radical (unpaired) electrons. The van der Waals surface area contributed by atoms with Gasteiger partial charge in [-0.1, -0.05) is 30.7 Å². The van der Waals surface area contributed by atoms with E-state index in [0.29, 0.717) is 5.92 Å². The van der Waals surface area contributed by atoms with E-state index < -0.39 is 0 Å². The number of benzene rings is 1. The molecule has 0 amide bonds. The van der Waals surface area contributed by atoms with E-state index in [1.807, 2.05) is 12.1 Å². The van der Waals surface area contributed by atoms with Gasteiger partial charge in [0.1, 0.15) is 0 Å². The average Bonchev–Trinajstić information content (AvgIpc) is 3.05. The SMILES string of the molecule is CCC(Cl)C(c1ccc(Cl)cc1)C1CC1. The van der Waals surface area contributed by atoms with Crippen molar-refractivity contribution in [3.8, 4) is 0 Å². The van der Waals surface area contributed by atoms with E-state index in [0.717, 1.165) is 17.4 Å². The lowest BCUT2D eigenvalue weighted by Gasteiger charge is -2.21. The van der Waals surface area contributed by atoms with E-state index >= 15 is 0 Å². The van der Waals surface area contributed by atoms with Crippen molar-refractivity contribution < 1.29 is 0 Å². The first-order chi connectivity index (χ1) is 7.22. The van der Waals surface area contributed by atoms with Crippen LogP contribution >= 0.6 is 23.2 Å². The first-order valence-electron chi connectivity index (χ1n) is 5.62. The van der Waals surface area contributed by atoms with Crippen molar-refractivity contribution >= 4 is 23.2 Å². The van der Waals surface area contributed by atoms with Crippen LogP contribution in [0.1, 0.15) is 37.7 Å². The maximum atomic E-state index is 6.41. The second kappa shape index (κ2) is 4.76. The van der Waals surface area contributed by atoms with Crippen LogP contribution in [0.4, 0.5) is 0 Å². The third kappa shape index (κ3) is 2.68. The number of alkyl halides is 1. The molecule has 0 aromatic heterocycles. The fraction of sp³-hybridized carbons (Fsp3) is 0.538. The zero-order chi connectivity index (χ0) is 10.8. The summed E-state index contributed by atoms with van der Waals surface area (Å²) in [7, 11) is 0. The first-order valence-corrected chi connectivity index (χ1v) is 6.43.